The zero-order chi connectivity index (χ0) is 12.4. The minimum Gasteiger partial charge on any atom is -0.545 e. The van der Waals surface area contributed by atoms with Crippen molar-refractivity contribution in [3.63, 3.8) is 0 Å². The number of hydrogen-bond donors (Lipinski definition) is 0. The van der Waals surface area contributed by atoms with Crippen molar-refractivity contribution in [3.8, 4) is 0 Å². The number of aromatic carboxylic acids is 1. The van der Waals surface area contributed by atoms with Crippen molar-refractivity contribution in [3.05, 3.63) is 47.5 Å². The van der Waals surface area contributed by atoms with Crippen LogP contribution in [0.15, 0.2) is 36.4 Å². The summed E-state index contributed by atoms with van der Waals surface area (Å²) < 4.78 is 4.64. The van der Waals surface area contributed by atoms with E-state index < -0.39 is 11.9 Å². The Balaban J connectivity index is 2.79. The molecule has 0 bridgehead atoms. The van der Waals surface area contributed by atoms with Crippen molar-refractivity contribution < 1.29 is 19.4 Å². The van der Waals surface area contributed by atoms with Crippen LogP contribution in [-0.4, -0.2) is 19.0 Å². The smallest absolute Gasteiger partial charge is 0.338 e. The van der Waals surface area contributed by atoms with Crippen LogP contribution >= 0.6 is 0 Å². The summed E-state index contributed by atoms with van der Waals surface area (Å²) in [7, 11) is 1.28. The fraction of sp³-hybridized carbons (Fsp3) is 0.0769. The summed E-state index contributed by atoms with van der Waals surface area (Å²) in [5, 5.41) is 11.9. The number of benzene rings is 2. The van der Waals surface area contributed by atoms with Gasteiger partial charge in [0.25, 0.3) is 0 Å². The van der Waals surface area contributed by atoms with Gasteiger partial charge in [-0.3, -0.25) is 0 Å². The summed E-state index contributed by atoms with van der Waals surface area (Å²) in [5.41, 5.74) is 0.404. The predicted octanol–water partition coefficient (Wildman–Crippen LogP) is 0.990. The van der Waals surface area contributed by atoms with Gasteiger partial charge in [0.15, 0.2) is 0 Å². The molecule has 0 fully saturated rings. The van der Waals surface area contributed by atoms with Crippen molar-refractivity contribution in [2.75, 3.05) is 7.11 Å². The largest absolute Gasteiger partial charge is 0.545 e. The van der Waals surface area contributed by atoms with Crippen molar-refractivity contribution in [2.24, 2.45) is 0 Å². The molecule has 0 radical (unpaired) electrons. The second kappa shape index (κ2) is 4.25. The first-order valence-electron chi connectivity index (χ1n) is 4.96. The molecule has 2 aromatic carbocycles. The van der Waals surface area contributed by atoms with E-state index >= 15 is 0 Å². The Morgan fingerprint density at radius 1 is 1.00 bits per heavy atom. The van der Waals surface area contributed by atoms with Gasteiger partial charge in [-0.05, 0) is 16.8 Å². The summed E-state index contributed by atoms with van der Waals surface area (Å²) in [6.45, 7) is 0. The normalized spacial score (nSPS) is 10.2. The predicted molar refractivity (Wildman–Crippen MR) is 59.6 cm³/mol. The lowest BCUT2D eigenvalue weighted by Gasteiger charge is -2.10. The van der Waals surface area contributed by atoms with Crippen LogP contribution < -0.4 is 5.11 Å². The number of carbonyl (C=O) groups excluding carboxylic acids is 2. The minimum absolute atomic E-state index is 0.0632. The zero-order valence-electron chi connectivity index (χ0n) is 9.10. The summed E-state index contributed by atoms with van der Waals surface area (Å²) in [5.74, 6) is -1.76. The van der Waals surface area contributed by atoms with E-state index in [9.17, 15) is 14.7 Å². The Morgan fingerprint density at radius 3 is 2.06 bits per heavy atom. The molecule has 0 atom stereocenters. The Hall–Kier alpha value is -2.36. The average molecular weight is 229 g/mol. The van der Waals surface area contributed by atoms with Gasteiger partial charge in [0.1, 0.15) is 0 Å². The standard InChI is InChI=1S/C13H10O4/c1-17-13(16)11-7-6-10(12(14)15)8-4-2-3-5-9(8)11/h2-7H,1H3,(H,14,15)/p-1. The van der Waals surface area contributed by atoms with E-state index in [0.29, 0.717) is 16.3 Å². The van der Waals surface area contributed by atoms with Crippen LogP contribution in [0.5, 0.6) is 0 Å². The van der Waals surface area contributed by atoms with Gasteiger partial charge in [-0.25, -0.2) is 4.79 Å². The monoisotopic (exact) mass is 229 g/mol. The molecule has 17 heavy (non-hydrogen) atoms. The Morgan fingerprint density at radius 2 is 1.53 bits per heavy atom. The molecular weight excluding hydrogens is 220 g/mol. The number of carbonyl (C=O) groups is 2. The number of ether oxygens (including phenoxy) is 1. The number of rotatable bonds is 2. The first-order chi connectivity index (χ1) is 8.15. The molecule has 86 valence electrons. The van der Waals surface area contributed by atoms with Crippen LogP contribution in [0, 0.1) is 0 Å². The molecule has 0 aliphatic carbocycles. The molecule has 0 spiro atoms. The van der Waals surface area contributed by atoms with E-state index in [1.54, 1.807) is 24.3 Å². The molecule has 0 saturated carbocycles. The van der Waals surface area contributed by atoms with E-state index in [2.05, 4.69) is 4.74 Å². The number of fused-ring (bicyclic) bond motifs is 1. The summed E-state index contributed by atoms with van der Waals surface area (Å²) in [6, 6.07) is 9.52. The van der Waals surface area contributed by atoms with Gasteiger partial charge in [0.2, 0.25) is 0 Å². The molecule has 0 N–H and O–H groups in total. The third-order valence-electron chi connectivity index (χ3n) is 2.55. The maximum Gasteiger partial charge on any atom is 0.338 e. The highest BCUT2D eigenvalue weighted by molar-refractivity contribution is 6.10. The molecule has 0 aromatic heterocycles. The Bertz CT molecular complexity index is 601. The SMILES string of the molecule is COC(=O)c1ccc(C(=O)[O-])c2ccccc12. The van der Waals surface area contributed by atoms with E-state index in [1.807, 2.05) is 0 Å². The number of methoxy groups -OCH3 is 1. The van der Waals surface area contributed by atoms with Gasteiger partial charge in [-0.15, -0.1) is 0 Å². The third-order valence-corrected chi connectivity index (χ3v) is 2.55. The number of carboxylic acid groups (broad SMARTS) is 1. The molecule has 0 heterocycles. The summed E-state index contributed by atoms with van der Waals surface area (Å²) in [4.78, 5) is 22.5. The fourth-order valence-corrected chi connectivity index (χ4v) is 1.77. The van der Waals surface area contributed by atoms with Crippen molar-refractivity contribution in [1.29, 1.82) is 0 Å². The molecule has 4 nitrogen and oxygen atoms in total. The second-order valence-electron chi connectivity index (χ2n) is 3.49. The van der Waals surface area contributed by atoms with Gasteiger partial charge in [-0.1, -0.05) is 30.3 Å². The molecule has 0 unspecified atom stereocenters. The van der Waals surface area contributed by atoms with Crippen molar-refractivity contribution in [2.45, 2.75) is 0 Å². The molecule has 2 aromatic rings. The summed E-state index contributed by atoms with van der Waals surface area (Å²) >= 11 is 0. The molecule has 0 amide bonds. The lowest BCUT2D eigenvalue weighted by atomic mass is 9.99. The van der Waals surface area contributed by atoms with Crippen LogP contribution in [0.1, 0.15) is 20.7 Å². The lowest BCUT2D eigenvalue weighted by molar-refractivity contribution is -0.254. The molecule has 4 heteroatoms. The fourth-order valence-electron chi connectivity index (χ4n) is 1.77. The topological polar surface area (TPSA) is 66.4 Å². The molecule has 2 rings (SSSR count). The number of hydrogen-bond acceptors (Lipinski definition) is 4. The van der Waals surface area contributed by atoms with Crippen molar-refractivity contribution >= 4 is 22.7 Å². The Labute approximate surface area is 97.4 Å². The van der Waals surface area contributed by atoms with Gasteiger partial charge < -0.3 is 14.6 Å². The molecule has 0 aliphatic rings. The highest BCUT2D eigenvalue weighted by Crippen LogP contribution is 2.23. The molecule has 0 aliphatic heterocycles. The Kier molecular flexibility index (Phi) is 2.78. The van der Waals surface area contributed by atoms with E-state index in [-0.39, 0.29) is 5.56 Å². The third kappa shape index (κ3) is 1.85. The number of carboxylic acids is 1. The molecular formula is C13H9O4-. The molecule has 0 saturated heterocycles. The summed E-state index contributed by atoms with van der Waals surface area (Å²) in [6.07, 6.45) is 0. The van der Waals surface area contributed by atoms with Gasteiger partial charge in [0, 0.05) is 5.56 Å². The first kappa shape index (κ1) is 11.1. The quantitative estimate of drug-likeness (QED) is 0.720. The van der Waals surface area contributed by atoms with Crippen LogP contribution in [0.3, 0.4) is 0 Å². The van der Waals surface area contributed by atoms with Crippen LogP contribution in [0.2, 0.25) is 0 Å². The van der Waals surface area contributed by atoms with Gasteiger partial charge >= 0.3 is 5.97 Å². The van der Waals surface area contributed by atoms with Crippen molar-refractivity contribution in [1.82, 2.24) is 0 Å². The van der Waals surface area contributed by atoms with Crippen LogP contribution in [0.4, 0.5) is 0 Å². The number of esters is 1. The average Bonchev–Trinajstić information content (AvgIpc) is 2.36. The van der Waals surface area contributed by atoms with E-state index in [1.165, 1.54) is 19.2 Å². The first-order valence-corrected chi connectivity index (χ1v) is 4.96. The minimum atomic E-state index is -1.27. The van der Waals surface area contributed by atoms with Gasteiger partial charge in [0.05, 0.1) is 18.6 Å². The maximum atomic E-state index is 11.5. The van der Waals surface area contributed by atoms with Crippen LogP contribution in [-0.2, 0) is 4.74 Å². The van der Waals surface area contributed by atoms with E-state index in [4.69, 9.17) is 0 Å². The highest BCUT2D eigenvalue weighted by atomic mass is 16.5. The maximum absolute atomic E-state index is 11.5. The van der Waals surface area contributed by atoms with Crippen LogP contribution in [0.25, 0.3) is 10.8 Å². The van der Waals surface area contributed by atoms with Gasteiger partial charge in [-0.2, -0.15) is 0 Å². The highest BCUT2D eigenvalue weighted by Gasteiger charge is 2.12. The lowest BCUT2D eigenvalue weighted by Crippen LogP contribution is -2.22. The van der Waals surface area contributed by atoms with E-state index in [0.717, 1.165) is 0 Å². The zero-order valence-corrected chi connectivity index (χ0v) is 9.10. The second-order valence-corrected chi connectivity index (χ2v) is 3.49.